The van der Waals surface area contributed by atoms with Gasteiger partial charge in [-0.25, -0.2) is 0 Å². The third-order valence-electron chi connectivity index (χ3n) is 5.00. The number of benzene rings is 1. The Morgan fingerprint density at radius 3 is 2.61 bits per heavy atom. The van der Waals surface area contributed by atoms with Crippen LogP contribution in [0.4, 0.5) is 0 Å². The topological polar surface area (TPSA) is 62.8 Å². The van der Waals surface area contributed by atoms with E-state index in [0.717, 1.165) is 39.1 Å². The Kier molecular flexibility index (Phi) is 5.67. The fourth-order valence-corrected chi connectivity index (χ4v) is 3.55. The van der Waals surface area contributed by atoms with Crippen molar-refractivity contribution in [3.63, 3.8) is 0 Å². The van der Waals surface area contributed by atoms with E-state index in [4.69, 9.17) is 9.47 Å². The van der Waals surface area contributed by atoms with Gasteiger partial charge in [-0.1, -0.05) is 30.3 Å². The number of ether oxygens (including phenoxy) is 2. The molecule has 3 rings (SSSR count). The molecule has 0 bridgehead atoms. The van der Waals surface area contributed by atoms with Gasteiger partial charge in [0, 0.05) is 44.8 Å². The average molecular weight is 320 g/mol. The van der Waals surface area contributed by atoms with Crippen LogP contribution in [0.25, 0.3) is 0 Å². The van der Waals surface area contributed by atoms with Crippen molar-refractivity contribution in [2.75, 3.05) is 52.6 Å². The van der Waals surface area contributed by atoms with Crippen molar-refractivity contribution in [3.05, 3.63) is 35.9 Å². The largest absolute Gasteiger partial charge is 0.385 e. The van der Waals surface area contributed by atoms with Crippen LogP contribution in [0.2, 0.25) is 0 Å². The summed E-state index contributed by atoms with van der Waals surface area (Å²) < 4.78 is 11.1. The number of hydrogen-bond acceptors (Lipinski definition) is 5. The number of rotatable bonds is 5. The van der Waals surface area contributed by atoms with Gasteiger partial charge in [0.2, 0.25) is 0 Å². The summed E-state index contributed by atoms with van der Waals surface area (Å²) in [5.41, 5.74) is 0.618. The van der Waals surface area contributed by atoms with Crippen molar-refractivity contribution in [3.8, 4) is 0 Å². The summed E-state index contributed by atoms with van der Waals surface area (Å²) in [6.45, 7) is 5.40. The molecular weight excluding hydrogens is 292 g/mol. The zero-order valence-electron chi connectivity index (χ0n) is 13.7. The van der Waals surface area contributed by atoms with E-state index >= 15 is 0 Å². The van der Waals surface area contributed by atoms with Crippen LogP contribution in [0.1, 0.15) is 18.4 Å². The van der Waals surface area contributed by atoms with Crippen LogP contribution < -0.4 is 10.6 Å². The molecule has 1 aromatic carbocycles. The Morgan fingerprint density at radius 2 is 1.83 bits per heavy atom. The van der Waals surface area contributed by atoms with Crippen molar-refractivity contribution in [2.24, 2.45) is 0 Å². The summed E-state index contributed by atoms with van der Waals surface area (Å²) in [7, 11) is 0. The number of nitrogens with one attached hydrogen (secondary N) is 2. The van der Waals surface area contributed by atoms with Gasteiger partial charge in [0.15, 0.2) is 0 Å². The lowest BCUT2D eigenvalue weighted by Gasteiger charge is -2.39. The minimum absolute atomic E-state index is 0.0921. The normalized spacial score (nSPS) is 28.2. The molecule has 128 valence electrons. The Bertz CT molecular complexity index is 466. The van der Waals surface area contributed by atoms with Crippen LogP contribution in [-0.4, -0.2) is 63.3 Å². The molecule has 0 aromatic heterocycles. The van der Waals surface area contributed by atoms with Crippen molar-refractivity contribution in [2.45, 2.75) is 23.9 Å². The van der Waals surface area contributed by atoms with Crippen molar-refractivity contribution in [1.82, 2.24) is 10.6 Å². The second-order valence-electron chi connectivity index (χ2n) is 6.82. The van der Waals surface area contributed by atoms with Gasteiger partial charge in [0.05, 0.1) is 13.2 Å². The predicted octanol–water partition coefficient (Wildman–Crippen LogP) is 0.675. The lowest BCUT2D eigenvalue weighted by molar-refractivity contribution is -0.0282. The third-order valence-corrected chi connectivity index (χ3v) is 5.00. The molecule has 3 N–H and O–H groups in total. The molecule has 1 aromatic rings. The van der Waals surface area contributed by atoms with E-state index in [1.54, 1.807) is 0 Å². The number of aliphatic hydroxyl groups is 1. The third kappa shape index (κ3) is 4.31. The second-order valence-corrected chi connectivity index (χ2v) is 6.82. The first-order chi connectivity index (χ1) is 11.2. The second kappa shape index (κ2) is 7.73. The van der Waals surface area contributed by atoms with Crippen molar-refractivity contribution >= 4 is 0 Å². The summed E-state index contributed by atoms with van der Waals surface area (Å²) in [5, 5.41) is 17.4. The molecule has 0 aliphatic carbocycles. The summed E-state index contributed by atoms with van der Waals surface area (Å²) in [6, 6.07) is 10.7. The van der Waals surface area contributed by atoms with Crippen molar-refractivity contribution < 1.29 is 14.6 Å². The fraction of sp³-hybridized carbons (Fsp3) is 0.667. The molecule has 2 aliphatic heterocycles. The standard InChI is InChI=1S/C18H28N2O3/c21-18(13-19-8-11-23-15-18)14-20-12-17(6-9-22-10-7-17)16-4-2-1-3-5-16/h1-5,19-21H,6-15H2/t18-/m1/s1. The maximum atomic E-state index is 10.7. The van der Waals surface area contributed by atoms with E-state index in [2.05, 4.69) is 41.0 Å². The zero-order valence-corrected chi connectivity index (χ0v) is 13.7. The molecule has 5 heteroatoms. The predicted molar refractivity (Wildman–Crippen MR) is 89.7 cm³/mol. The number of hydrogen-bond donors (Lipinski definition) is 3. The molecule has 2 fully saturated rings. The monoisotopic (exact) mass is 320 g/mol. The van der Waals surface area contributed by atoms with Gasteiger partial charge in [-0.15, -0.1) is 0 Å². The molecule has 2 heterocycles. The van der Waals surface area contributed by atoms with Gasteiger partial charge in [-0.3, -0.25) is 0 Å². The molecule has 0 amide bonds. The maximum Gasteiger partial charge on any atom is 0.113 e. The first kappa shape index (κ1) is 16.9. The van der Waals surface area contributed by atoms with Gasteiger partial charge in [-0.05, 0) is 18.4 Å². The van der Waals surface area contributed by atoms with E-state index in [-0.39, 0.29) is 5.41 Å². The van der Waals surface area contributed by atoms with Gasteiger partial charge in [0.1, 0.15) is 5.60 Å². The quantitative estimate of drug-likeness (QED) is 0.744. The molecule has 0 unspecified atom stereocenters. The Balaban J connectivity index is 1.63. The molecule has 2 saturated heterocycles. The van der Waals surface area contributed by atoms with Crippen LogP contribution in [0.3, 0.4) is 0 Å². The van der Waals surface area contributed by atoms with Crippen LogP contribution in [0, 0.1) is 0 Å². The van der Waals surface area contributed by atoms with Gasteiger partial charge in [-0.2, -0.15) is 0 Å². The minimum atomic E-state index is -0.834. The summed E-state index contributed by atoms with van der Waals surface area (Å²) >= 11 is 0. The average Bonchev–Trinajstić information content (AvgIpc) is 2.81. The minimum Gasteiger partial charge on any atom is -0.385 e. The molecule has 0 saturated carbocycles. The lowest BCUT2D eigenvalue weighted by atomic mass is 9.74. The zero-order chi connectivity index (χ0) is 16.0. The van der Waals surface area contributed by atoms with Crippen LogP contribution in [0.5, 0.6) is 0 Å². The van der Waals surface area contributed by atoms with Crippen LogP contribution >= 0.6 is 0 Å². The Morgan fingerprint density at radius 1 is 1.04 bits per heavy atom. The van der Waals surface area contributed by atoms with E-state index < -0.39 is 5.60 Å². The summed E-state index contributed by atoms with van der Waals surface area (Å²) in [4.78, 5) is 0. The molecule has 23 heavy (non-hydrogen) atoms. The summed E-state index contributed by atoms with van der Waals surface area (Å²) in [6.07, 6.45) is 2.02. The van der Waals surface area contributed by atoms with E-state index in [9.17, 15) is 5.11 Å². The highest BCUT2D eigenvalue weighted by molar-refractivity contribution is 5.26. The fourth-order valence-electron chi connectivity index (χ4n) is 3.55. The maximum absolute atomic E-state index is 10.7. The molecular formula is C18H28N2O3. The highest BCUT2D eigenvalue weighted by atomic mass is 16.5. The van der Waals surface area contributed by atoms with Crippen LogP contribution in [-0.2, 0) is 14.9 Å². The molecule has 5 nitrogen and oxygen atoms in total. The van der Waals surface area contributed by atoms with E-state index in [1.165, 1.54) is 5.56 Å². The molecule has 0 spiro atoms. The smallest absolute Gasteiger partial charge is 0.113 e. The van der Waals surface area contributed by atoms with Crippen molar-refractivity contribution in [1.29, 1.82) is 0 Å². The Hall–Kier alpha value is -0.980. The SMILES string of the molecule is O[C@@]1(CNCC2(c3ccccc3)CCOCC2)CNCCOC1. The summed E-state index contributed by atoms with van der Waals surface area (Å²) in [5.74, 6) is 0. The highest BCUT2D eigenvalue weighted by Crippen LogP contribution is 2.34. The molecule has 0 radical (unpaired) electrons. The first-order valence-electron chi connectivity index (χ1n) is 8.57. The lowest BCUT2D eigenvalue weighted by Crippen LogP contribution is -2.53. The van der Waals surface area contributed by atoms with Gasteiger partial charge in [0.25, 0.3) is 0 Å². The van der Waals surface area contributed by atoms with E-state index in [1.807, 2.05) is 0 Å². The Labute approximate surface area is 138 Å². The molecule has 2 aliphatic rings. The van der Waals surface area contributed by atoms with Gasteiger partial charge >= 0.3 is 0 Å². The van der Waals surface area contributed by atoms with E-state index in [0.29, 0.717) is 26.3 Å². The highest BCUT2D eigenvalue weighted by Gasteiger charge is 2.35. The first-order valence-corrected chi connectivity index (χ1v) is 8.57. The molecule has 1 atom stereocenters. The number of β-amino-alcohol motifs (C(OH)–C–C–N with tert-alkyl or cyclic N) is 1. The van der Waals surface area contributed by atoms with Gasteiger partial charge < -0.3 is 25.2 Å². The van der Waals surface area contributed by atoms with Crippen LogP contribution in [0.15, 0.2) is 30.3 Å².